The highest BCUT2D eigenvalue weighted by Gasteiger charge is 1.95. The van der Waals surface area contributed by atoms with Crippen molar-refractivity contribution >= 4 is 33.3 Å². The van der Waals surface area contributed by atoms with Gasteiger partial charge >= 0.3 is 0 Å². The highest BCUT2D eigenvalue weighted by molar-refractivity contribution is 9.11. The fraction of sp³-hybridized carbons (Fsp3) is 0.200. The topological polar surface area (TPSA) is 0 Å². The molecule has 0 nitrogen and oxygen atoms in total. The van der Waals surface area contributed by atoms with Crippen molar-refractivity contribution in [2.24, 2.45) is 0 Å². The van der Waals surface area contributed by atoms with Crippen molar-refractivity contribution in [1.82, 2.24) is 0 Å². The first-order valence-electron chi connectivity index (χ1n) is 3.69. The Kier molecular flexibility index (Phi) is 3.89. The molecule has 0 N–H and O–H groups in total. The smallest absolute Gasteiger partial charge is 0.00751 e. The zero-order valence-electron chi connectivity index (χ0n) is 7.17. The van der Waals surface area contributed by atoms with Gasteiger partial charge in [-0.25, -0.2) is 0 Å². The van der Waals surface area contributed by atoms with E-state index in [1.165, 1.54) is 16.0 Å². The average Bonchev–Trinajstić information content (AvgIpc) is 2.17. The van der Waals surface area contributed by atoms with E-state index in [-0.39, 0.29) is 0 Å². The number of halogens is 1. The van der Waals surface area contributed by atoms with Gasteiger partial charge in [-0.15, -0.1) is 11.8 Å². The van der Waals surface area contributed by atoms with E-state index in [2.05, 4.69) is 53.4 Å². The molecule has 0 heterocycles. The third kappa shape index (κ3) is 2.39. The summed E-state index contributed by atoms with van der Waals surface area (Å²) in [5.41, 5.74) is 2.53. The average molecular weight is 243 g/mol. The Hall–Kier alpha value is -0.210. The van der Waals surface area contributed by atoms with E-state index in [1.807, 2.05) is 4.99 Å². The Balaban J connectivity index is 3.02. The zero-order valence-corrected chi connectivity index (χ0v) is 9.58. The minimum atomic E-state index is 1.26. The van der Waals surface area contributed by atoms with E-state index >= 15 is 0 Å². The molecule has 1 aromatic rings. The minimum absolute atomic E-state index is 1.26. The van der Waals surface area contributed by atoms with Gasteiger partial charge in [0.05, 0.1) is 0 Å². The lowest BCUT2D eigenvalue weighted by Crippen LogP contribution is -1.78. The molecule has 0 saturated carbocycles. The standard InChI is InChI=1S/C10H11BrS/c1-8(7-11)9-4-3-5-10(6-9)12-2/h3-7H,1-2H3. The van der Waals surface area contributed by atoms with Gasteiger partial charge in [0.25, 0.3) is 0 Å². The predicted molar refractivity (Wildman–Crippen MR) is 60.8 cm³/mol. The minimum Gasteiger partial charge on any atom is -0.130 e. The van der Waals surface area contributed by atoms with Crippen LogP contribution in [0.1, 0.15) is 12.5 Å². The molecule has 0 bridgehead atoms. The van der Waals surface area contributed by atoms with Gasteiger partial charge in [-0.1, -0.05) is 28.1 Å². The molecule has 64 valence electrons. The number of thioether (sulfide) groups is 1. The van der Waals surface area contributed by atoms with Gasteiger partial charge in [0.1, 0.15) is 0 Å². The SMILES string of the molecule is CSc1cccc(C(C)=CBr)c1. The van der Waals surface area contributed by atoms with Crippen LogP contribution in [0.2, 0.25) is 0 Å². The summed E-state index contributed by atoms with van der Waals surface area (Å²) in [5.74, 6) is 0. The Morgan fingerprint density at radius 2 is 2.25 bits per heavy atom. The first kappa shape index (κ1) is 9.87. The number of hydrogen-bond donors (Lipinski definition) is 0. The second kappa shape index (κ2) is 4.73. The van der Waals surface area contributed by atoms with Crippen LogP contribution < -0.4 is 0 Å². The Labute approximate surface area is 86.2 Å². The van der Waals surface area contributed by atoms with Gasteiger partial charge < -0.3 is 0 Å². The van der Waals surface area contributed by atoms with Crippen molar-refractivity contribution in [3.05, 3.63) is 34.8 Å². The highest BCUT2D eigenvalue weighted by Crippen LogP contribution is 2.21. The lowest BCUT2D eigenvalue weighted by molar-refractivity contribution is 1.42. The van der Waals surface area contributed by atoms with Crippen LogP contribution in [-0.4, -0.2) is 6.26 Å². The van der Waals surface area contributed by atoms with E-state index in [9.17, 15) is 0 Å². The van der Waals surface area contributed by atoms with E-state index in [1.54, 1.807) is 11.8 Å². The van der Waals surface area contributed by atoms with E-state index in [4.69, 9.17) is 0 Å². The summed E-state index contributed by atoms with van der Waals surface area (Å²) < 4.78 is 0. The molecule has 0 radical (unpaired) electrons. The van der Waals surface area contributed by atoms with E-state index in [0.29, 0.717) is 0 Å². The molecule has 0 amide bonds. The van der Waals surface area contributed by atoms with Gasteiger partial charge in [0.2, 0.25) is 0 Å². The summed E-state index contributed by atoms with van der Waals surface area (Å²) in [6.07, 6.45) is 2.09. The first-order chi connectivity index (χ1) is 5.77. The molecule has 0 aliphatic heterocycles. The summed E-state index contributed by atoms with van der Waals surface area (Å²) in [6.45, 7) is 2.09. The maximum Gasteiger partial charge on any atom is 0.00751 e. The molecule has 1 aromatic carbocycles. The maximum atomic E-state index is 3.33. The lowest BCUT2D eigenvalue weighted by Gasteiger charge is -2.01. The third-order valence-electron chi connectivity index (χ3n) is 1.69. The van der Waals surface area contributed by atoms with Crippen molar-refractivity contribution in [1.29, 1.82) is 0 Å². The summed E-state index contributed by atoms with van der Waals surface area (Å²) in [4.78, 5) is 3.26. The van der Waals surface area contributed by atoms with Crippen LogP contribution in [0.4, 0.5) is 0 Å². The summed E-state index contributed by atoms with van der Waals surface area (Å²) >= 11 is 5.10. The Bertz CT molecular complexity index is 292. The monoisotopic (exact) mass is 242 g/mol. The van der Waals surface area contributed by atoms with Crippen LogP contribution >= 0.6 is 27.7 Å². The third-order valence-corrected chi connectivity index (χ3v) is 3.10. The maximum absolute atomic E-state index is 3.33. The molecule has 0 fully saturated rings. The van der Waals surface area contributed by atoms with Crippen molar-refractivity contribution in [3.63, 3.8) is 0 Å². The Morgan fingerprint density at radius 1 is 1.50 bits per heavy atom. The largest absolute Gasteiger partial charge is 0.130 e. The van der Waals surface area contributed by atoms with Gasteiger partial charge in [0.15, 0.2) is 0 Å². The van der Waals surface area contributed by atoms with E-state index < -0.39 is 0 Å². The van der Waals surface area contributed by atoms with Crippen LogP contribution in [0.25, 0.3) is 5.57 Å². The summed E-state index contributed by atoms with van der Waals surface area (Å²) in [6, 6.07) is 8.52. The van der Waals surface area contributed by atoms with Gasteiger partial charge in [-0.3, -0.25) is 0 Å². The molecule has 0 aromatic heterocycles. The predicted octanol–water partition coefficient (Wildman–Crippen LogP) is 4.16. The Morgan fingerprint density at radius 3 is 2.83 bits per heavy atom. The molecule has 1 rings (SSSR count). The number of rotatable bonds is 2. The summed E-state index contributed by atoms with van der Waals surface area (Å²) in [7, 11) is 0. The number of benzene rings is 1. The molecule has 12 heavy (non-hydrogen) atoms. The summed E-state index contributed by atoms with van der Waals surface area (Å²) in [5, 5.41) is 0. The molecule has 0 aliphatic carbocycles. The number of hydrogen-bond acceptors (Lipinski definition) is 1. The molecule has 0 spiro atoms. The second-order valence-corrected chi connectivity index (χ2v) is 3.86. The zero-order chi connectivity index (χ0) is 8.97. The van der Waals surface area contributed by atoms with Crippen molar-refractivity contribution in [2.75, 3.05) is 6.26 Å². The van der Waals surface area contributed by atoms with Crippen molar-refractivity contribution < 1.29 is 0 Å². The van der Waals surface area contributed by atoms with Gasteiger partial charge in [0, 0.05) is 4.90 Å². The van der Waals surface area contributed by atoms with E-state index in [0.717, 1.165) is 0 Å². The van der Waals surface area contributed by atoms with Gasteiger partial charge in [-0.2, -0.15) is 0 Å². The fourth-order valence-electron chi connectivity index (χ4n) is 0.931. The normalized spacial score (nSPS) is 11.8. The van der Waals surface area contributed by atoms with Crippen LogP contribution in [0.5, 0.6) is 0 Å². The molecule has 0 atom stereocenters. The quantitative estimate of drug-likeness (QED) is 0.702. The lowest BCUT2D eigenvalue weighted by atomic mass is 10.1. The van der Waals surface area contributed by atoms with Crippen LogP contribution in [0.3, 0.4) is 0 Å². The van der Waals surface area contributed by atoms with Crippen LogP contribution in [0.15, 0.2) is 34.1 Å². The van der Waals surface area contributed by atoms with Crippen LogP contribution in [-0.2, 0) is 0 Å². The van der Waals surface area contributed by atoms with Crippen molar-refractivity contribution in [3.8, 4) is 0 Å². The first-order valence-corrected chi connectivity index (χ1v) is 5.83. The molecular formula is C10H11BrS. The van der Waals surface area contributed by atoms with Gasteiger partial charge in [-0.05, 0) is 41.4 Å². The van der Waals surface area contributed by atoms with Crippen molar-refractivity contribution in [2.45, 2.75) is 11.8 Å². The molecule has 0 unspecified atom stereocenters. The highest BCUT2D eigenvalue weighted by atomic mass is 79.9. The molecular weight excluding hydrogens is 232 g/mol. The van der Waals surface area contributed by atoms with Crippen LogP contribution in [0, 0.1) is 0 Å². The molecule has 0 saturated heterocycles. The second-order valence-electron chi connectivity index (χ2n) is 2.52. The number of allylic oxidation sites excluding steroid dienone is 1. The fourth-order valence-corrected chi connectivity index (χ4v) is 1.66. The molecule has 0 aliphatic rings. The molecule has 2 heteroatoms.